The number of carboxylic acids is 1. The van der Waals surface area contributed by atoms with E-state index in [1.807, 2.05) is 6.26 Å². The van der Waals surface area contributed by atoms with E-state index >= 15 is 0 Å². The van der Waals surface area contributed by atoms with E-state index in [1.165, 1.54) is 12.1 Å². The van der Waals surface area contributed by atoms with Crippen molar-refractivity contribution < 1.29 is 18.3 Å². The van der Waals surface area contributed by atoms with Crippen molar-refractivity contribution in [3.8, 4) is 0 Å². The van der Waals surface area contributed by atoms with E-state index in [9.17, 15) is 13.2 Å². The second kappa shape index (κ2) is 5.67. The molecule has 1 saturated carbocycles. The average molecular weight is 380 g/mol. The summed E-state index contributed by atoms with van der Waals surface area (Å²) in [7, 11) is -3.72. The van der Waals surface area contributed by atoms with Crippen LogP contribution in [0.4, 0.5) is 0 Å². The normalized spacial score (nSPS) is 16.9. The highest BCUT2D eigenvalue weighted by atomic mass is 79.9. The van der Waals surface area contributed by atoms with Gasteiger partial charge in [-0.15, -0.1) is 0 Å². The van der Waals surface area contributed by atoms with Crippen molar-refractivity contribution in [2.75, 3.05) is 12.8 Å². The first-order chi connectivity index (χ1) is 9.30. The Bertz CT molecular complexity index is 641. The van der Waals surface area contributed by atoms with Gasteiger partial charge in [0.25, 0.3) is 0 Å². The number of carboxylic acid groups (broad SMARTS) is 1. The van der Waals surface area contributed by atoms with Gasteiger partial charge in [0.05, 0.1) is 10.5 Å². The molecule has 0 atom stereocenters. The van der Waals surface area contributed by atoms with Gasteiger partial charge < -0.3 is 5.11 Å². The van der Waals surface area contributed by atoms with Gasteiger partial charge in [-0.3, -0.25) is 0 Å². The maximum absolute atomic E-state index is 12.3. The SMILES string of the molecule is CSC1(CNS(=O)(=O)c2cc(C(=O)O)ccc2Br)CC1. The van der Waals surface area contributed by atoms with Gasteiger partial charge in [-0.1, -0.05) is 0 Å². The molecule has 8 heteroatoms. The van der Waals surface area contributed by atoms with Crippen LogP contribution in [0.1, 0.15) is 23.2 Å². The highest BCUT2D eigenvalue weighted by molar-refractivity contribution is 9.10. The Morgan fingerprint density at radius 1 is 1.50 bits per heavy atom. The van der Waals surface area contributed by atoms with Crippen LogP contribution in [0.15, 0.2) is 27.6 Å². The number of thioether (sulfide) groups is 1. The van der Waals surface area contributed by atoms with E-state index in [0.717, 1.165) is 18.9 Å². The number of benzene rings is 1. The van der Waals surface area contributed by atoms with Crippen molar-refractivity contribution in [1.29, 1.82) is 0 Å². The molecule has 0 aliphatic heterocycles. The van der Waals surface area contributed by atoms with Crippen molar-refractivity contribution in [2.24, 2.45) is 0 Å². The topological polar surface area (TPSA) is 83.5 Å². The summed E-state index contributed by atoms with van der Waals surface area (Å²) in [5, 5.41) is 8.94. The highest BCUT2D eigenvalue weighted by Gasteiger charge is 2.42. The average Bonchev–Trinajstić information content (AvgIpc) is 3.17. The number of halogens is 1. The zero-order valence-electron chi connectivity index (χ0n) is 10.7. The Kier molecular flexibility index (Phi) is 4.48. The lowest BCUT2D eigenvalue weighted by Gasteiger charge is -2.14. The monoisotopic (exact) mass is 379 g/mol. The quantitative estimate of drug-likeness (QED) is 0.792. The van der Waals surface area contributed by atoms with Gasteiger partial charge in [-0.25, -0.2) is 17.9 Å². The number of carbonyl (C=O) groups is 1. The molecule has 0 saturated heterocycles. The molecule has 110 valence electrons. The molecule has 0 amide bonds. The van der Waals surface area contributed by atoms with Gasteiger partial charge in [0.15, 0.2) is 0 Å². The fourth-order valence-electron chi connectivity index (χ4n) is 1.74. The third-order valence-corrected chi connectivity index (χ3v) is 7.11. The van der Waals surface area contributed by atoms with Crippen molar-refractivity contribution in [1.82, 2.24) is 4.72 Å². The van der Waals surface area contributed by atoms with E-state index in [0.29, 0.717) is 11.0 Å². The Hall–Kier alpha value is -0.570. The van der Waals surface area contributed by atoms with Crippen molar-refractivity contribution in [3.63, 3.8) is 0 Å². The van der Waals surface area contributed by atoms with Crippen LogP contribution in [-0.2, 0) is 10.0 Å². The second-order valence-electron chi connectivity index (χ2n) is 4.66. The molecule has 0 radical (unpaired) electrons. The molecule has 1 aliphatic carbocycles. The largest absolute Gasteiger partial charge is 0.478 e. The van der Waals surface area contributed by atoms with Crippen molar-refractivity contribution in [3.05, 3.63) is 28.2 Å². The van der Waals surface area contributed by atoms with Crippen LogP contribution in [0.2, 0.25) is 0 Å². The maximum Gasteiger partial charge on any atom is 0.335 e. The number of sulfonamides is 1. The lowest BCUT2D eigenvalue weighted by Crippen LogP contribution is -2.32. The van der Waals surface area contributed by atoms with Crippen LogP contribution >= 0.6 is 27.7 Å². The maximum atomic E-state index is 12.3. The first-order valence-corrected chi connectivity index (χ1v) is 9.37. The highest BCUT2D eigenvalue weighted by Crippen LogP contribution is 2.46. The number of hydrogen-bond acceptors (Lipinski definition) is 4. The van der Waals surface area contributed by atoms with Gasteiger partial charge in [-0.2, -0.15) is 11.8 Å². The standard InChI is InChI=1S/C12H14BrNO4S2/c1-19-12(4-5-12)7-14-20(17,18)10-6-8(11(15)16)2-3-9(10)13/h2-3,6,14H,4-5,7H2,1H3,(H,15,16). The molecule has 2 rings (SSSR count). The Balaban J connectivity index is 2.24. The summed E-state index contributed by atoms with van der Waals surface area (Å²) in [4.78, 5) is 10.9. The van der Waals surface area contributed by atoms with E-state index in [2.05, 4.69) is 20.7 Å². The fourth-order valence-corrected chi connectivity index (χ4v) is 4.67. The Morgan fingerprint density at radius 3 is 2.65 bits per heavy atom. The molecular weight excluding hydrogens is 366 g/mol. The van der Waals surface area contributed by atoms with E-state index < -0.39 is 16.0 Å². The van der Waals surface area contributed by atoms with E-state index in [1.54, 1.807) is 11.8 Å². The lowest BCUT2D eigenvalue weighted by atomic mass is 10.2. The summed E-state index contributed by atoms with van der Waals surface area (Å²) in [5.74, 6) is -1.16. The minimum Gasteiger partial charge on any atom is -0.478 e. The Morgan fingerprint density at radius 2 is 2.15 bits per heavy atom. The molecule has 1 aliphatic rings. The molecule has 20 heavy (non-hydrogen) atoms. The van der Waals surface area contributed by atoms with Crippen molar-refractivity contribution >= 4 is 43.7 Å². The van der Waals surface area contributed by atoms with Gasteiger partial charge in [0, 0.05) is 15.8 Å². The summed E-state index contributed by atoms with van der Waals surface area (Å²) >= 11 is 4.80. The predicted molar refractivity (Wildman–Crippen MR) is 81.8 cm³/mol. The summed E-state index contributed by atoms with van der Waals surface area (Å²) in [6, 6.07) is 3.95. The van der Waals surface area contributed by atoms with Crippen LogP contribution in [0.25, 0.3) is 0 Å². The van der Waals surface area contributed by atoms with Crippen LogP contribution in [-0.4, -0.2) is 37.0 Å². The summed E-state index contributed by atoms with van der Waals surface area (Å²) in [6.45, 7) is 0.361. The molecule has 5 nitrogen and oxygen atoms in total. The van der Waals surface area contributed by atoms with Gasteiger partial charge >= 0.3 is 5.97 Å². The smallest absolute Gasteiger partial charge is 0.335 e. The summed E-state index contributed by atoms with van der Waals surface area (Å²) in [6.07, 6.45) is 3.95. The Labute approximate surface area is 130 Å². The van der Waals surface area contributed by atoms with Crippen LogP contribution < -0.4 is 4.72 Å². The molecule has 1 aromatic carbocycles. The summed E-state index contributed by atoms with van der Waals surface area (Å²) < 4.78 is 27.5. The number of rotatable bonds is 6. The lowest BCUT2D eigenvalue weighted by molar-refractivity contribution is 0.0696. The molecular formula is C12H14BrNO4S2. The third kappa shape index (κ3) is 3.36. The number of aromatic carboxylic acids is 1. The minimum atomic E-state index is -3.72. The molecule has 1 aromatic rings. The molecule has 0 aromatic heterocycles. The number of hydrogen-bond donors (Lipinski definition) is 2. The van der Waals surface area contributed by atoms with E-state index in [4.69, 9.17) is 5.11 Å². The molecule has 1 fully saturated rings. The van der Waals surface area contributed by atoms with Crippen LogP contribution in [0.5, 0.6) is 0 Å². The molecule has 2 N–H and O–H groups in total. The van der Waals surface area contributed by atoms with E-state index in [-0.39, 0.29) is 15.2 Å². The third-order valence-electron chi connectivity index (χ3n) is 3.29. The molecule has 0 spiro atoms. The molecule has 0 bridgehead atoms. The minimum absolute atomic E-state index is 0.00392. The van der Waals surface area contributed by atoms with Gasteiger partial charge in [-0.05, 0) is 53.2 Å². The zero-order valence-corrected chi connectivity index (χ0v) is 13.9. The molecule has 0 unspecified atom stereocenters. The zero-order chi connectivity index (χ0) is 15.0. The first kappa shape index (κ1) is 15.8. The van der Waals surface area contributed by atoms with Gasteiger partial charge in [0.1, 0.15) is 0 Å². The molecule has 0 heterocycles. The fraction of sp³-hybridized carbons (Fsp3) is 0.417. The first-order valence-electron chi connectivity index (χ1n) is 5.87. The van der Waals surface area contributed by atoms with Crippen molar-refractivity contribution in [2.45, 2.75) is 22.5 Å². The predicted octanol–water partition coefficient (Wildman–Crippen LogP) is 2.32. The summed E-state index contributed by atoms with van der Waals surface area (Å²) in [5.41, 5.74) is -0.0559. The second-order valence-corrected chi connectivity index (χ2v) is 8.53. The van der Waals surface area contributed by atoms with Crippen LogP contribution in [0.3, 0.4) is 0 Å². The van der Waals surface area contributed by atoms with Gasteiger partial charge in [0.2, 0.25) is 10.0 Å². The number of nitrogens with one attached hydrogen (secondary N) is 1. The van der Waals surface area contributed by atoms with Crippen LogP contribution in [0, 0.1) is 0 Å².